The second-order valence-corrected chi connectivity index (χ2v) is 9.73. The fourth-order valence-corrected chi connectivity index (χ4v) is 3.16. The van der Waals surface area contributed by atoms with Gasteiger partial charge in [-0.2, -0.15) is 5.01 Å². The maximum Gasteiger partial charge on any atom is 0.432 e. The maximum atomic E-state index is 13.2. The molecule has 3 amide bonds. The zero-order valence-corrected chi connectivity index (χ0v) is 20.1. The molecule has 0 aliphatic carbocycles. The normalized spacial score (nSPS) is 18.0. The van der Waals surface area contributed by atoms with Crippen LogP contribution in [0, 0.1) is 0 Å². The summed E-state index contributed by atoms with van der Waals surface area (Å²) in [6.07, 6.45) is -0.548. The lowest BCUT2D eigenvalue weighted by Gasteiger charge is -2.39. The van der Waals surface area contributed by atoms with Crippen molar-refractivity contribution in [3.63, 3.8) is 0 Å². The van der Waals surface area contributed by atoms with Gasteiger partial charge in [0.25, 0.3) is 11.6 Å². The van der Waals surface area contributed by atoms with E-state index in [1.54, 1.807) is 59.7 Å². The number of anilines is 1. The first-order valence-electron chi connectivity index (χ1n) is 9.59. The number of rotatable bonds is 4. The van der Waals surface area contributed by atoms with E-state index in [2.05, 4.69) is 33.3 Å². The number of halogens is 1. The van der Waals surface area contributed by atoms with Gasteiger partial charge in [0.1, 0.15) is 11.2 Å². The highest BCUT2D eigenvalue weighted by Gasteiger charge is 2.57. The minimum Gasteiger partial charge on any atom is -0.443 e. The van der Waals surface area contributed by atoms with Crippen LogP contribution >= 0.6 is 15.9 Å². The van der Waals surface area contributed by atoms with Gasteiger partial charge in [-0.3, -0.25) is 4.79 Å². The lowest BCUT2D eigenvalue weighted by atomic mass is 10.0. The van der Waals surface area contributed by atoms with Crippen LogP contribution in [-0.2, 0) is 24.7 Å². The Balaban J connectivity index is 2.63. The summed E-state index contributed by atoms with van der Waals surface area (Å²) in [4.78, 5) is 39.0. The topological polar surface area (TPSA) is 106 Å². The van der Waals surface area contributed by atoms with Crippen LogP contribution in [0.5, 0.6) is 0 Å². The van der Waals surface area contributed by atoms with Crippen molar-refractivity contribution in [3.05, 3.63) is 40.9 Å². The quantitative estimate of drug-likeness (QED) is 0.362. The van der Waals surface area contributed by atoms with E-state index in [0.29, 0.717) is 20.7 Å². The Labute approximate surface area is 190 Å². The van der Waals surface area contributed by atoms with Crippen LogP contribution in [0.3, 0.4) is 0 Å². The predicted molar refractivity (Wildman–Crippen MR) is 118 cm³/mol. The lowest BCUT2D eigenvalue weighted by Crippen LogP contribution is -2.63. The number of benzene rings is 1. The summed E-state index contributed by atoms with van der Waals surface area (Å²) in [6, 6.07) is 4.99. The zero-order chi connectivity index (χ0) is 23.6. The van der Waals surface area contributed by atoms with Gasteiger partial charge in [-0.1, -0.05) is 22.0 Å². The minimum atomic E-state index is -2.06. The lowest BCUT2D eigenvalue weighted by molar-refractivity contribution is -0.178. The molecule has 0 fully saturated rings. The number of ether oxygens (including phenoxy) is 3. The third-order valence-corrected chi connectivity index (χ3v) is 4.30. The summed E-state index contributed by atoms with van der Waals surface area (Å²) < 4.78 is 17.3. The molecule has 1 aliphatic rings. The van der Waals surface area contributed by atoms with Crippen LogP contribution in [0.4, 0.5) is 15.3 Å². The Bertz CT molecular complexity index is 890. The van der Waals surface area contributed by atoms with E-state index in [9.17, 15) is 14.4 Å². The molecule has 31 heavy (non-hydrogen) atoms. The van der Waals surface area contributed by atoms with Crippen molar-refractivity contribution in [1.29, 1.82) is 0 Å². The van der Waals surface area contributed by atoms with Gasteiger partial charge in [0, 0.05) is 15.7 Å². The molecule has 0 bridgehead atoms. The number of hydrogen-bond donors (Lipinski definition) is 2. The molecular formula is C21H28BrN3O6. The third kappa shape index (κ3) is 5.76. The number of hydrazine groups is 1. The smallest absolute Gasteiger partial charge is 0.432 e. The molecule has 1 unspecified atom stereocenters. The maximum absolute atomic E-state index is 13.2. The SMILES string of the molecule is C=CCOC1(N(NC(=O)OC(C)(C)C)C(=O)OC(C)(C)C)C(=O)Nc2ccc(Br)cc21. The minimum absolute atomic E-state index is 0.103. The molecule has 0 radical (unpaired) electrons. The summed E-state index contributed by atoms with van der Waals surface area (Å²) in [5.74, 6) is -0.690. The summed E-state index contributed by atoms with van der Waals surface area (Å²) in [5.41, 5.74) is -0.774. The van der Waals surface area contributed by atoms with Crippen LogP contribution in [0.25, 0.3) is 0 Å². The summed E-state index contributed by atoms with van der Waals surface area (Å²) in [6.45, 7) is 13.5. The van der Waals surface area contributed by atoms with Crippen molar-refractivity contribution in [2.75, 3.05) is 11.9 Å². The number of hydrogen-bond acceptors (Lipinski definition) is 6. The molecule has 0 saturated carbocycles. The molecule has 10 heteroatoms. The number of carbonyl (C=O) groups is 3. The highest BCUT2D eigenvalue weighted by Crippen LogP contribution is 2.43. The number of carbonyl (C=O) groups excluding carboxylic acids is 3. The molecule has 1 aromatic rings. The molecule has 0 aromatic heterocycles. The first kappa shape index (κ1) is 24.7. The van der Waals surface area contributed by atoms with Crippen LogP contribution in [0.2, 0.25) is 0 Å². The molecule has 1 atom stereocenters. The summed E-state index contributed by atoms with van der Waals surface area (Å²) in [5, 5.41) is 3.40. The predicted octanol–water partition coefficient (Wildman–Crippen LogP) is 4.43. The van der Waals surface area contributed by atoms with Crippen molar-refractivity contribution in [3.8, 4) is 0 Å². The van der Waals surface area contributed by atoms with Crippen molar-refractivity contribution < 1.29 is 28.6 Å². The van der Waals surface area contributed by atoms with Crippen LogP contribution in [0.15, 0.2) is 35.3 Å². The Kier molecular flexibility index (Phi) is 7.07. The van der Waals surface area contributed by atoms with Crippen molar-refractivity contribution >= 4 is 39.7 Å². The monoisotopic (exact) mass is 497 g/mol. The Hall–Kier alpha value is -2.59. The second kappa shape index (κ2) is 8.88. The van der Waals surface area contributed by atoms with Crippen molar-refractivity contribution in [2.45, 2.75) is 58.5 Å². The second-order valence-electron chi connectivity index (χ2n) is 8.82. The fourth-order valence-electron chi connectivity index (χ4n) is 2.80. The molecule has 170 valence electrons. The average molecular weight is 498 g/mol. The summed E-state index contributed by atoms with van der Waals surface area (Å²) >= 11 is 3.37. The van der Waals surface area contributed by atoms with Gasteiger partial charge in [-0.15, -0.1) is 6.58 Å². The number of nitrogens with one attached hydrogen (secondary N) is 2. The number of nitrogens with zero attached hydrogens (tertiary/aromatic N) is 1. The molecule has 2 N–H and O–H groups in total. The van der Waals surface area contributed by atoms with E-state index in [1.165, 1.54) is 6.08 Å². The first-order valence-corrected chi connectivity index (χ1v) is 10.4. The highest BCUT2D eigenvalue weighted by atomic mass is 79.9. The van der Waals surface area contributed by atoms with E-state index < -0.39 is 35.0 Å². The molecule has 2 rings (SSSR count). The Morgan fingerprint density at radius 1 is 1.19 bits per heavy atom. The molecule has 9 nitrogen and oxygen atoms in total. The van der Waals surface area contributed by atoms with E-state index in [-0.39, 0.29) is 6.61 Å². The molecule has 0 saturated heterocycles. The van der Waals surface area contributed by atoms with Gasteiger partial charge < -0.3 is 19.5 Å². The average Bonchev–Trinajstić information content (AvgIpc) is 2.86. The standard InChI is InChI=1S/C21H28BrN3O6/c1-8-11-29-21(14-12-13(22)9-10-15(14)23-16(21)26)25(18(28)31-20(5,6)7)24-17(27)30-19(2,3)4/h8-10,12H,1,11H2,2-7H3,(H,23,26)(H,24,27). The zero-order valence-electron chi connectivity index (χ0n) is 18.5. The Morgan fingerprint density at radius 2 is 1.81 bits per heavy atom. The first-order chi connectivity index (χ1) is 14.2. The number of amides is 3. The van der Waals surface area contributed by atoms with Gasteiger partial charge in [-0.25, -0.2) is 15.0 Å². The Morgan fingerprint density at radius 3 is 2.35 bits per heavy atom. The van der Waals surface area contributed by atoms with Crippen LogP contribution in [0.1, 0.15) is 47.1 Å². The summed E-state index contributed by atoms with van der Waals surface area (Å²) in [7, 11) is 0. The van der Waals surface area contributed by atoms with E-state index in [1.807, 2.05) is 0 Å². The van der Waals surface area contributed by atoms with Crippen LogP contribution in [-0.4, -0.2) is 40.9 Å². The molecule has 0 spiro atoms. The number of fused-ring (bicyclic) bond motifs is 1. The molecule has 1 heterocycles. The van der Waals surface area contributed by atoms with Crippen molar-refractivity contribution in [2.24, 2.45) is 0 Å². The highest BCUT2D eigenvalue weighted by molar-refractivity contribution is 9.10. The van der Waals surface area contributed by atoms with Gasteiger partial charge in [-0.05, 0) is 59.7 Å². The van der Waals surface area contributed by atoms with Gasteiger partial charge in [0.2, 0.25) is 0 Å². The van der Waals surface area contributed by atoms with E-state index in [4.69, 9.17) is 14.2 Å². The van der Waals surface area contributed by atoms with Gasteiger partial charge in [0.05, 0.1) is 6.61 Å². The fraction of sp³-hybridized carbons (Fsp3) is 0.476. The van der Waals surface area contributed by atoms with Gasteiger partial charge >= 0.3 is 12.2 Å². The van der Waals surface area contributed by atoms with Gasteiger partial charge in [0.15, 0.2) is 0 Å². The molecule has 1 aromatic carbocycles. The van der Waals surface area contributed by atoms with E-state index >= 15 is 0 Å². The largest absolute Gasteiger partial charge is 0.443 e. The third-order valence-electron chi connectivity index (χ3n) is 3.81. The van der Waals surface area contributed by atoms with E-state index in [0.717, 1.165) is 0 Å². The molecular weight excluding hydrogens is 470 g/mol. The van der Waals surface area contributed by atoms with Crippen molar-refractivity contribution in [1.82, 2.24) is 10.4 Å². The molecule has 1 aliphatic heterocycles. The van der Waals surface area contributed by atoms with Crippen LogP contribution < -0.4 is 10.7 Å².